The molecule has 1 amide bonds. The zero-order valence-electron chi connectivity index (χ0n) is 11.9. The second-order valence-electron chi connectivity index (χ2n) is 4.80. The van der Waals surface area contributed by atoms with Gasteiger partial charge in [0.15, 0.2) is 0 Å². The van der Waals surface area contributed by atoms with Crippen LogP contribution in [0.5, 0.6) is 0 Å². The van der Waals surface area contributed by atoms with Crippen LogP contribution in [-0.4, -0.2) is 30.4 Å². The summed E-state index contributed by atoms with van der Waals surface area (Å²) in [7, 11) is 1.99. The van der Waals surface area contributed by atoms with E-state index in [0.717, 1.165) is 13.0 Å². The lowest BCUT2D eigenvalue weighted by Crippen LogP contribution is -2.43. The topological polar surface area (TPSA) is 32.3 Å². The van der Waals surface area contributed by atoms with Crippen molar-refractivity contribution in [2.24, 2.45) is 0 Å². The minimum atomic E-state index is -0.0750. The maximum Gasteiger partial charge on any atom is 0.237 e. The van der Waals surface area contributed by atoms with Gasteiger partial charge < -0.3 is 5.32 Å². The number of amides is 1. The van der Waals surface area contributed by atoms with Crippen molar-refractivity contribution < 1.29 is 4.79 Å². The van der Waals surface area contributed by atoms with Gasteiger partial charge in [-0.25, -0.2) is 0 Å². The Labute approximate surface area is 110 Å². The van der Waals surface area contributed by atoms with Crippen molar-refractivity contribution in [3.8, 4) is 0 Å². The normalized spacial score (nSPS) is 12.5. The van der Waals surface area contributed by atoms with Crippen LogP contribution in [0.2, 0.25) is 0 Å². The monoisotopic (exact) mass is 248 g/mol. The number of nitrogens with one attached hydrogen (secondary N) is 1. The van der Waals surface area contributed by atoms with Gasteiger partial charge in [0, 0.05) is 6.54 Å². The molecule has 0 spiro atoms. The molecule has 0 aliphatic rings. The molecule has 0 saturated carbocycles. The van der Waals surface area contributed by atoms with E-state index in [1.54, 1.807) is 0 Å². The van der Waals surface area contributed by atoms with Crippen molar-refractivity contribution in [3.05, 3.63) is 35.4 Å². The van der Waals surface area contributed by atoms with Gasteiger partial charge in [0.2, 0.25) is 5.91 Å². The van der Waals surface area contributed by atoms with E-state index in [1.165, 1.54) is 11.1 Å². The van der Waals surface area contributed by atoms with Gasteiger partial charge in [0.05, 0.1) is 6.04 Å². The molecule has 0 radical (unpaired) electrons. The van der Waals surface area contributed by atoms with E-state index in [1.807, 2.05) is 26.1 Å². The quantitative estimate of drug-likeness (QED) is 0.838. The maximum atomic E-state index is 12.0. The minimum Gasteiger partial charge on any atom is -0.351 e. The summed E-state index contributed by atoms with van der Waals surface area (Å²) in [6, 6.07) is 8.05. The molecule has 1 N–H and O–H groups in total. The average molecular weight is 248 g/mol. The third-order valence-electron chi connectivity index (χ3n) is 3.33. The van der Waals surface area contributed by atoms with Gasteiger partial charge in [-0.1, -0.05) is 31.2 Å². The summed E-state index contributed by atoms with van der Waals surface area (Å²) < 4.78 is 0. The number of nitrogens with zero attached hydrogens (tertiary/aromatic N) is 1. The second kappa shape index (κ2) is 7.17. The molecule has 100 valence electrons. The van der Waals surface area contributed by atoms with Gasteiger partial charge in [-0.3, -0.25) is 9.69 Å². The number of aryl methyl sites for hydroxylation is 1. The predicted molar refractivity (Wildman–Crippen MR) is 75.4 cm³/mol. The molecule has 1 rings (SSSR count). The molecule has 0 bridgehead atoms. The van der Waals surface area contributed by atoms with E-state index in [-0.39, 0.29) is 11.9 Å². The van der Waals surface area contributed by atoms with Crippen LogP contribution in [0.15, 0.2) is 24.3 Å². The number of carbonyl (C=O) groups excluding carboxylic acids is 1. The summed E-state index contributed by atoms with van der Waals surface area (Å²) in [6.07, 6.45) is 1.06. The summed E-state index contributed by atoms with van der Waals surface area (Å²) in [6.45, 7) is 7.68. The van der Waals surface area contributed by atoms with Gasteiger partial charge in [0.1, 0.15) is 0 Å². The van der Waals surface area contributed by atoms with Crippen molar-refractivity contribution in [2.75, 3.05) is 13.6 Å². The van der Waals surface area contributed by atoms with Crippen LogP contribution in [0.1, 0.15) is 31.4 Å². The zero-order valence-corrected chi connectivity index (χ0v) is 11.9. The molecule has 0 fully saturated rings. The van der Waals surface area contributed by atoms with E-state index >= 15 is 0 Å². The summed E-state index contributed by atoms with van der Waals surface area (Å²) >= 11 is 0. The number of hydrogen-bond acceptors (Lipinski definition) is 2. The fourth-order valence-electron chi connectivity index (χ4n) is 1.88. The summed E-state index contributed by atoms with van der Waals surface area (Å²) in [4.78, 5) is 14.1. The number of carbonyl (C=O) groups is 1. The van der Waals surface area contributed by atoms with Gasteiger partial charge >= 0.3 is 0 Å². The highest BCUT2D eigenvalue weighted by Gasteiger charge is 2.16. The Kier molecular flexibility index (Phi) is 5.86. The molecule has 1 aromatic carbocycles. The molecule has 0 aliphatic carbocycles. The van der Waals surface area contributed by atoms with Gasteiger partial charge in [-0.05, 0) is 45.0 Å². The molecular formula is C15H24N2O. The molecule has 0 aromatic heterocycles. The Morgan fingerprint density at radius 3 is 2.67 bits per heavy atom. The van der Waals surface area contributed by atoms with Crippen LogP contribution in [0.3, 0.4) is 0 Å². The SMILES string of the molecule is CCCN(C)[C@H](C)C(=O)NCc1ccccc1C. The van der Waals surface area contributed by atoms with Gasteiger partial charge in [0.25, 0.3) is 0 Å². The highest BCUT2D eigenvalue weighted by Crippen LogP contribution is 2.06. The Hall–Kier alpha value is -1.35. The van der Waals surface area contributed by atoms with E-state index in [0.29, 0.717) is 6.54 Å². The third kappa shape index (κ3) is 4.15. The Bertz CT molecular complexity index is 390. The summed E-state index contributed by atoms with van der Waals surface area (Å²) in [5.74, 6) is 0.0919. The van der Waals surface area contributed by atoms with Crippen LogP contribution < -0.4 is 5.32 Å². The first-order chi connectivity index (χ1) is 8.56. The van der Waals surface area contributed by atoms with Crippen LogP contribution in [0.4, 0.5) is 0 Å². The van der Waals surface area contributed by atoms with Crippen LogP contribution in [0, 0.1) is 6.92 Å². The zero-order chi connectivity index (χ0) is 13.5. The summed E-state index contributed by atoms with van der Waals surface area (Å²) in [5.41, 5.74) is 2.39. The number of rotatable bonds is 6. The molecule has 0 saturated heterocycles. The molecule has 0 aliphatic heterocycles. The largest absolute Gasteiger partial charge is 0.351 e. The number of likely N-dealkylation sites (N-methyl/N-ethyl adjacent to an activating group) is 1. The van der Waals surface area contributed by atoms with Gasteiger partial charge in [-0.15, -0.1) is 0 Å². The molecular weight excluding hydrogens is 224 g/mol. The fraction of sp³-hybridized carbons (Fsp3) is 0.533. The highest BCUT2D eigenvalue weighted by atomic mass is 16.2. The first-order valence-corrected chi connectivity index (χ1v) is 6.58. The first kappa shape index (κ1) is 14.7. The molecule has 18 heavy (non-hydrogen) atoms. The van der Waals surface area contributed by atoms with Crippen molar-refractivity contribution >= 4 is 5.91 Å². The van der Waals surface area contributed by atoms with E-state index < -0.39 is 0 Å². The maximum absolute atomic E-state index is 12.0. The average Bonchev–Trinajstić information content (AvgIpc) is 2.36. The molecule has 1 aromatic rings. The number of hydrogen-bond donors (Lipinski definition) is 1. The standard InChI is InChI=1S/C15H24N2O/c1-5-10-17(4)13(3)15(18)16-11-14-9-7-6-8-12(14)2/h6-9,13H,5,10-11H2,1-4H3,(H,16,18)/t13-/m1/s1. The minimum absolute atomic E-state index is 0.0750. The molecule has 0 unspecified atom stereocenters. The predicted octanol–water partition coefficient (Wildman–Crippen LogP) is 2.34. The molecule has 1 atom stereocenters. The van der Waals surface area contributed by atoms with Crippen molar-refractivity contribution in [2.45, 2.75) is 39.8 Å². The van der Waals surface area contributed by atoms with Crippen LogP contribution in [-0.2, 0) is 11.3 Å². The third-order valence-corrected chi connectivity index (χ3v) is 3.33. The lowest BCUT2D eigenvalue weighted by Gasteiger charge is -2.23. The molecule has 3 heteroatoms. The molecule has 3 nitrogen and oxygen atoms in total. The van der Waals surface area contributed by atoms with Crippen LogP contribution in [0.25, 0.3) is 0 Å². The van der Waals surface area contributed by atoms with E-state index in [9.17, 15) is 4.79 Å². The van der Waals surface area contributed by atoms with E-state index in [4.69, 9.17) is 0 Å². The summed E-state index contributed by atoms with van der Waals surface area (Å²) in [5, 5.41) is 3.00. The van der Waals surface area contributed by atoms with Gasteiger partial charge in [-0.2, -0.15) is 0 Å². The van der Waals surface area contributed by atoms with E-state index in [2.05, 4.69) is 36.2 Å². The lowest BCUT2D eigenvalue weighted by molar-refractivity contribution is -0.125. The van der Waals surface area contributed by atoms with Crippen molar-refractivity contribution in [3.63, 3.8) is 0 Å². The molecule has 0 heterocycles. The Morgan fingerprint density at radius 1 is 1.39 bits per heavy atom. The number of benzene rings is 1. The Morgan fingerprint density at radius 2 is 2.06 bits per heavy atom. The van der Waals surface area contributed by atoms with Crippen molar-refractivity contribution in [1.82, 2.24) is 10.2 Å². The Balaban J connectivity index is 2.48. The van der Waals surface area contributed by atoms with Crippen molar-refractivity contribution in [1.29, 1.82) is 0 Å². The fourth-order valence-corrected chi connectivity index (χ4v) is 1.88. The smallest absolute Gasteiger partial charge is 0.237 e. The highest BCUT2D eigenvalue weighted by molar-refractivity contribution is 5.81. The second-order valence-corrected chi connectivity index (χ2v) is 4.80. The first-order valence-electron chi connectivity index (χ1n) is 6.58. The lowest BCUT2D eigenvalue weighted by atomic mass is 10.1. The van der Waals surface area contributed by atoms with Crippen LogP contribution >= 0.6 is 0 Å².